The molecule has 4 nitrogen and oxygen atoms in total. The van der Waals surface area contributed by atoms with Crippen molar-refractivity contribution in [1.82, 2.24) is 0 Å². The van der Waals surface area contributed by atoms with E-state index >= 15 is 0 Å². The van der Waals surface area contributed by atoms with E-state index in [0.29, 0.717) is 34.2 Å². The first-order chi connectivity index (χ1) is 26.4. The van der Waals surface area contributed by atoms with Crippen molar-refractivity contribution in [2.45, 2.75) is 169 Å². The van der Waals surface area contributed by atoms with E-state index in [1.807, 2.05) is 60.7 Å². The minimum Gasteiger partial charge on any atom is -0.417 e. The molecule has 2 aromatic carbocycles. The van der Waals surface area contributed by atoms with Crippen LogP contribution >= 0.6 is 7.14 Å². The van der Waals surface area contributed by atoms with Crippen LogP contribution in [0.4, 0.5) is 0 Å². The summed E-state index contributed by atoms with van der Waals surface area (Å²) in [4.78, 5) is 12.3. The molecule has 0 aliphatic heterocycles. The van der Waals surface area contributed by atoms with E-state index in [2.05, 4.69) is 101 Å². The molecular weight excluding hydrogens is 752 g/mol. The highest BCUT2D eigenvalue weighted by Gasteiger charge is 2.52. The van der Waals surface area contributed by atoms with Gasteiger partial charge in [0, 0.05) is 35.7 Å². The van der Waals surface area contributed by atoms with E-state index in [-0.39, 0.29) is 11.1 Å². The van der Waals surface area contributed by atoms with Gasteiger partial charge in [0.15, 0.2) is 16.6 Å². The first-order valence-electron chi connectivity index (χ1n) is 22.3. The maximum absolute atomic E-state index is 14.4. The second-order valence-electron chi connectivity index (χ2n) is 21.4. The predicted molar refractivity (Wildman–Crippen MR) is 252 cm³/mol. The van der Waals surface area contributed by atoms with E-state index in [9.17, 15) is 9.36 Å². The van der Waals surface area contributed by atoms with E-state index in [1.165, 1.54) is 43.3 Å². The molecule has 0 heterocycles. The number of Topliss-reactive ketones (excluding diaryl/α,β-unsaturated/α-hetero) is 1. The fourth-order valence-electron chi connectivity index (χ4n) is 9.28. The Balaban J connectivity index is 0.000000261. The lowest BCUT2D eigenvalue weighted by atomic mass is 9.62. The summed E-state index contributed by atoms with van der Waals surface area (Å²) in [6.45, 7) is 35.5. The Morgan fingerprint density at radius 1 is 0.877 bits per heavy atom. The minimum atomic E-state index is -2.74. The Morgan fingerprint density at radius 3 is 1.98 bits per heavy atom. The van der Waals surface area contributed by atoms with Gasteiger partial charge >= 0.3 is 0 Å². The van der Waals surface area contributed by atoms with Crippen LogP contribution in [0.1, 0.15) is 127 Å². The van der Waals surface area contributed by atoms with Gasteiger partial charge in [-0.15, -0.1) is 0 Å². The van der Waals surface area contributed by atoms with Crippen LogP contribution in [-0.4, -0.2) is 41.3 Å². The van der Waals surface area contributed by atoms with Crippen molar-refractivity contribution < 1.29 is 18.2 Å². The first kappa shape index (κ1) is 47.8. The molecule has 7 heteroatoms. The quantitative estimate of drug-likeness (QED) is 0.0873. The van der Waals surface area contributed by atoms with Crippen molar-refractivity contribution in [3.8, 4) is 0 Å². The largest absolute Gasteiger partial charge is 0.417 e. The summed E-state index contributed by atoms with van der Waals surface area (Å²) in [6.07, 6.45) is 14.1. The standard InChI is InChI=1S/C28H39O2PSi.C22H42O2Si/c1-22-20-24(21-27(23(22)2)30-32(6,7)28(3,4)5)18-19-31(29,25-14-10-8-11-15-25)26-16-12-9-13-17-26;1-17(11-8-9-16-24-25(6,7)21(2,3)4)18-13-14-19-20(23)12-10-15-22(18,19)5/h8-18,22,27H,2,19-21H2,1,3-7H3;17-19H,8-16H2,1-7H3/b24-18-;/t22-,27-;17-,18+,19-,22+/m10/s1. The minimum absolute atomic E-state index is 0.0544. The van der Waals surface area contributed by atoms with Gasteiger partial charge in [-0.1, -0.05) is 154 Å². The number of ketones is 1. The third-order valence-electron chi connectivity index (χ3n) is 15.2. The SMILES string of the molecule is C=C1[C@H](C)C/C(=C/CP(=O)(c2ccccc2)c2ccccc2)C[C@H]1O[Si](C)(C)C(C)(C)C.C[C@@H](CCCCO[Si](C)(C)C(C)(C)C)[C@H]1CC[C@H]2C(=O)CCC[C@]12C. The molecule has 0 unspecified atom stereocenters. The van der Waals surface area contributed by atoms with Crippen LogP contribution in [0, 0.1) is 29.1 Å². The van der Waals surface area contributed by atoms with Gasteiger partial charge in [0.2, 0.25) is 0 Å². The van der Waals surface area contributed by atoms with Gasteiger partial charge in [-0.25, -0.2) is 0 Å². The number of unbranched alkanes of at least 4 members (excludes halogenated alkanes) is 1. The average Bonchev–Trinajstić information content (AvgIpc) is 3.50. The summed E-state index contributed by atoms with van der Waals surface area (Å²) in [6, 6.07) is 19.9. The molecule has 2 aromatic rings. The molecule has 6 atom stereocenters. The van der Waals surface area contributed by atoms with Crippen LogP contribution in [0.25, 0.3) is 0 Å². The molecule has 0 bridgehead atoms. The number of benzene rings is 2. The molecule has 3 fully saturated rings. The molecule has 57 heavy (non-hydrogen) atoms. The van der Waals surface area contributed by atoms with Crippen molar-refractivity contribution in [1.29, 1.82) is 0 Å². The number of carbonyl (C=O) groups is 1. The zero-order valence-corrected chi connectivity index (χ0v) is 41.4. The van der Waals surface area contributed by atoms with E-state index in [4.69, 9.17) is 8.85 Å². The number of allylic oxidation sites excluding steroid dienone is 1. The van der Waals surface area contributed by atoms with Crippen LogP contribution in [0.15, 0.2) is 84.5 Å². The third-order valence-corrected chi connectivity index (χ3v) is 27.2. The van der Waals surface area contributed by atoms with E-state index in [1.54, 1.807) is 0 Å². The second-order valence-corrected chi connectivity index (χ2v) is 33.8. The summed E-state index contributed by atoms with van der Waals surface area (Å²) < 4.78 is 27.5. The molecule has 0 radical (unpaired) electrons. The fraction of sp³-hybridized carbons (Fsp3) is 0.660. The van der Waals surface area contributed by atoms with Crippen molar-refractivity contribution in [2.24, 2.45) is 29.1 Å². The lowest BCUT2D eigenvalue weighted by Gasteiger charge is -2.42. The molecular formula is C50H81O4PSi2. The Kier molecular flexibility index (Phi) is 16.2. The molecule has 0 saturated heterocycles. The predicted octanol–water partition coefficient (Wildman–Crippen LogP) is 13.9. The summed E-state index contributed by atoms with van der Waals surface area (Å²) in [5.41, 5.74) is 2.86. The molecule has 0 aromatic heterocycles. The van der Waals surface area contributed by atoms with Gasteiger partial charge in [0.1, 0.15) is 12.9 Å². The number of rotatable bonds is 13. The van der Waals surface area contributed by atoms with Crippen molar-refractivity contribution >= 4 is 40.2 Å². The number of fused-ring (bicyclic) bond motifs is 1. The Labute approximate surface area is 352 Å². The fourth-order valence-corrected chi connectivity index (χ4v) is 14.2. The highest BCUT2D eigenvalue weighted by Crippen LogP contribution is 2.57. The number of hydrogen-bond acceptors (Lipinski definition) is 4. The van der Waals surface area contributed by atoms with Crippen LogP contribution < -0.4 is 10.6 Å². The second kappa shape index (κ2) is 19.3. The van der Waals surface area contributed by atoms with Crippen molar-refractivity contribution in [2.75, 3.05) is 12.8 Å². The lowest BCUT2D eigenvalue weighted by molar-refractivity contribution is -0.130. The Hall–Kier alpha value is -1.83. The third kappa shape index (κ3) is 11.7. The number of hydrogen-bond donors (Lipinski definition) is 0. The summed E-state index contributed by atoms with van der Waals surface area (Å²) in [7, 11) is -6.23. The van der Waals surface area contributed by atoms with Gasteiger partial charge in [-0.2, -0.15) is 0 Å². The van der Waals surface area contributed by atoms with Crippen molar-refractivity contribution in [3.63, 3.8) is 0 Å². The molecule has 0 N–H and O–H groups in total. The Bertz CT molecular complexity index is 1660. The van der Waals surface area contributed by atoms with Crippen LogP contribution in [0.2, 0.25) is 36.3 Å². The smallest absolute Gasteiger partial charge is 0.192 e. The highest BCUT2D eigenvalue weighted by atomic mass is 31.2. The van der Waals surface area contributed by atoms with Crippen LogP contribution in [-0.2, 0) is 18.2 Å². The molecule has 3 saturated carbocycles. The van der Waals surface area contributed by atoms with Gasteiger partial charge < -0.3 is 13.4 Å². The van der Waals surface area contributed by atoms with Gasteiger partial charge in [-0.05, 0) is 110 Å². The molecule has 0 spiro atoms. The summed E-state index contributed by atoms with van der Waals surface area (Å²) in [5, 5.41) is 2.31. The summed E-state index contributed by atoms with van der Waals surface area (Å²) >= 11 is 0. The van der Waals surface area contributed by atoms with Crippen molar-refractivity contribution in [3.05, 3.63) is 84.5 Å². The Morgan fingerprint density at radius 2 is 1.44 bits per heavy atom. The lowest BCUT2D eigenvalue weighted by Crippen LogP contribution is -2.45. The van der Waals surface area contributed by atoms with Gasteiger partial charge in [0.25, 0.3) is 0 Å². The average molecular weight is 833 g/mol. The topological polar surface area (TPSA) is 52.6 Å². The maximum atomic E-state index is 14.4. The molecule has 0 amide bonds. The molecule has 318 valence electrons. The van der Waals surface area contributed by atoms with E-state index < -0.39 is 23.8 Å². The molecule has 5 rings (SSSR count). The summed E-state index contributed by atoms with van der Waals surface area (Å²) in [5.74, 6) is 2.80. The zero-order valence-electron chi connectivity index (χ0n) is 38.5. The normalized spacial score (nSPS) is 26.2. The maximum Gasteiger partial charge on any atom is 0.192 e. The highest BCUT2D eigenvalue weighted by molar-refractivity contribution is 7.78. The molecule has 3 aliphatic rings. The first-order valence-corrected chi connectivity index (χ1v) is 30.1. The van der Waals surface area contributed by atoms with Gasteiger partial charge in [0.05, 0.1) is 6.10 Å². The van der Waals surface area contributed by atoms with Crippen LogP contribution in [0.3, 0.4) is 0 Å². The zero-order chi connectivity index (χ0) is 42.5. The number of carbonyl (C=O) groups excluding carboxylic acids is 1. The molecule has 3 aliphatic carbocycles. The van der Waals surface area contributed by atoms with Crippen LogP contribution in [0.5, 0.6) is 0 Å². The van der Waals surface area contributed by atoms with Gasteiger partial charge in [-0.3, -0.25) is 4.79 Å². The monoisotopic (exact) mass is 833 g/mol. The van der Waals surface area contributed by atoms with E-state index in [0.717, 1.165) is 61.2 Å².